The second-order valence-corrected chi connectivity index (χ2v) is 6.35. The number of fused-ring (bicyclic) bond motifs is 1. The lowest BCUT2D eigenvalue weighted by Gasteiger charge is -2.06. The van der Waals surface area contributed by atoms with E-state index in [2.05, 4.69) is 47.8 Å². The van der Waals surface area contributed by atoms with Crippen LogP contribution in [0.2, 0.25) is 0 Å². The molecule has 1 aliphatic carbocycles. The Morgan fingerprint density at radius 3 is 2.75 bits per heavy atom. The number of hydrogen-bond acceptors (Lipinski definition) is 3. The first kappa shape index (κ1) is 12.1. The van der Waals surface area contributed by atoms with Gasteiger partial charge in [-0.15, -0.1) is 11.3 Å². The third-order valence-electron chi connectivity index (χ3n) is 4.00. The standard InChI is InChI=1S/C17H16N2S/c18-16(12-8-9-12)17-19-15(10-20-17)14-7-3-5-11-4-1-2-6-13(11)14/h1-7,10,12,16H,8-9,18H2. The fourth-order valence-corrected chi connectivity index (χ4v) is 3.58. The zero-order chi connectivity index (χ0) is 13.5. The van der Waals surface area contributed by atoms with Gasteiger partial charge in [0.1, 0.15) is 5.01 Å². The molecule has 0 spiro atoms. The van der Waals surface area contributed by atoms with Gasteiger partial charge in [0, 0.05) is 10.9 Å². The van der Waals surface area contributed by atoms with E-state index in [0.717, 1.165) is 10.7 Å². The number of nitrogens with zero attached hydrogens (tertiary/aromatic N) is 1. The largest absolute Gasteiger partial charge is 0.322 e. The van der Waals surface area contributed by atoms with E-state index in [1.807, 2.05) is 0 Å². The summed E-state index contributed by atoms with van der Waals surface area (Å²) in [6, 6.07) is 15.0. The van der Waals surface area contributed by atoms with Crippen LogP contribution >= 0.6 is 11.3 Å². The summed E-state index contributed by atoms with van der Waals surface area (Å²) in [6.45, 7) is 0. The van der Waals surface area contributed by atoms with Gasteiger partial charge in [0.2, 0.25) is 0 Å². The van der Waals surface area contributed by atoms with Gasteiger partial charge in [0.15, 0.2) is 0 Å². The van der Waals surface area contributed by atoms with Crippen molar-refractivity contribution >= 4 is 22.1 Å². The van der Waals surface area contributed by atoms with Crippen molar-refractivity contribution in [3.8, 4) is 11.3 Å². The highest BCUT2D eigenvalue weighted by Crippen LogP contribution is 2.41. The van der Waals surface area contributed by atoms with Gasteiger partial charge in [-0.1, -0.05) is 42.5 Å². The molecule has 1 fully saturated rings. The summed E-state index contributed by atoms with van der Waals surface area (Å²) in [5.41, 5.74) is 8.51. The molecule has 1 heterocycles. The zero-order valence-electron chi connectivity index (χ0n) is 11.1. The second kappa shape index (κ2) is 4.69. The zero-order valence-corrected chi connectivity index (χ0v) is 11.9. The molecule has 4 rings (SSSR count). The van der Waals surface area contributed by atoms with Crippen LogP contribution in [0.3, 0.4) is 0 Å². The van der Waals surface area contributed by atoms with Crippen molar-refractivity contribution in [1.82, 2.24) is 4.98 Å². The third-order valence-corrected chi connectivity index (χ3v) is 4.95. The molecule has 0 aliphatic heterocycles. The van der Waals surface area contributed by atoms with Crippen LogP contribution in [0.1, 0.15) is 23.9 Å². The molecule has 1 saturated carbocycles. The first-order chi connectivity index (χ1) is 9.83. The van der Waals surface area contributed by atoms with Crippen molar-refractivity contribution in [2.45, 2.75) is 18.9 Å². The van der Waals surface area contributed by atoms with Crippen LogP contribution in [0, 0.1) is 5.92 Å². The van der Waals surface area contributed by atoms with Crippen LogP contribution in [0.25, 0.3) is 22.0 Å². The van der Waals surface area contributed by atoms with Crippen molar-refractivity contribution in [3.63, 3.8) is 0 Å². The van der Waals surface area contributed by atoms with Gasteiger partial charge in [-0.25, -0.2) is 4.98 Å². The Morgan fingerprint density at radius 2 is 1.90 bits per heavy atom. The van der Waals surface area contributed by atoms with Crippen LogP contribution < -0.4 is 5.73 Å². The maximum atomic E-state index is 6.25. The number of rotatable bonds is 3. The summed E-state index contributed by atoms with van der Waals surface area (Å²) in [5, 5.41) is 5.73. The molecule has 100 valence electrons. The summed E-state index contributed by atoms with van der Waals surface area (Å²) >= 11 is 1.69. The lowest BCUT2D eigenvalue weighted by molar-refractivity contribution is 0.629. The van der Waals surface area contributed by atoms with E-state index in [1.165, 1.54) is 29.2 Å². The summed E-state index contributed by atoms with van der Waals surface area (Å²) in [7, 11) is 0. The van der Waals surface area contributed by atoms with Gasteiger partial charge in [-0.2, -0.15) is 0 Å². The molecular weight excluding hydrogens is 264 g/mol. The normalized spacial score (nSPS) is 16.4. The fraction of sp³-hybridized carbons (Fsp3) is 0.235. The first-order valence-corrected chi connectivity index (χ1v) is 7.90. The molecule has 1 unspecified atom stereocenters. The molecule has 20 heavy (non-hydrogen) atoms. The van der Waals surface area contributed by atoms with Crippen LogP contribution in [-0.4, -0.2) is 4.98 Å². The van der Waals surface area contributed by atoms with Crippen LogP contribution in [0.4, 0.5) is 0 Å². The fourth-order valence-electron chi connectivity index (χ4n) is 2.67. The SMILES string of the molecule is NC(c1nc(-c2cccc3ccccc23)cs1)C1CC1. The predicted octanol–water partition coefficient (Wildman–Crippen LogP) is 4.37. The highest BCUT2D eigenvalue weighted by Gasteiger charge is 2.31. The smallest absolute Gasteiger partial charge is 0.110 e. The van der Waals surface area contributed by atoms with Gasteiger partial charge in [0.25, 0.3) is 0 Å². The van der Waals surface area contributed by atoms with Gasteiger partial charge in [-0.3, -0.25) is 0 Å². The minimum Gasteiger partial charge on any atom is -0.322 e. The molecule has 1 aromatic heterocycles. The second-order valence-electron chi connectivity index (χ2n) is 5.46. The van der Waals surface area contributed by atoms with E-state index in [0.29, 0.717) is 5.92 Å². The predicted molar refractivity (Wildman–Crippen MR) is 84.7 cm³/mol. The van der Waals surface area contributed by atoms with E-state index in [-0.39, 0.29) is 6.04 Å². The number of nitrogens with two attached hydrogens (primary N) is 1. The van der Waals surface area contributed by atoms with E-state index < -0.39 is 0 Å². The van der Waals surface area contributed by atoms with Crippen LogP contribution in [0.15, 0.2) is 47.8 Å². The third kappa shape index (κ3) is 2.03. The molecule has 2 N–H and O–H groups in total. The Morgan fingerprint density at radius 1 is 1.10 bits per heavy atom. The molecule has 1 atom stereocenters. The first-order valence-electron chi connectivity index (χ1n) is 7.02. The molecule has 0 bridgehead atoms. The minimum atomic E-state index is 0.128. The topological polar surface area (TPSA) is 38.9 Å². The average molecular weight is 280 g/mol. The Kier molecular flexibility index (Phi) is 2.83. The molecule has 0 amide bonds. The van der Waals surface area contributed by atoms with E-state index in [9.17, 15) is 0 Å². The Hall–Kier alpha value is -1.71. The van der Waals surface area contributed by atoms with Crippen molar-refractivity contribution in [1.29, 1.82) is 0 Å². The quantitative estimate of drug-likeness (QED) is 0.773. The van der Waals surface area contributed by atoms with Gasteiger partial charge < -0.3 is 5.73 Å². The summed E-state index contributed by atoms with van der Waals surface area (Å²) in [5.74, 6) is 0.654. The van der Waals surface area contributed by atoms with Crippen molar-refractivity contribution in [3.05, 3.63) is 52.9 Å². The molecule has 1 aliphatic rings. The average Bonchev–Trinajstić information content (AvgIpc) is 3.23. The lowest BCUT2D eigenvalue weighted by atomic mass is 10.0. The summed E-state index contributed by atoms with van der Waals surface area (Å²) < 4.78 is 0. The molecule has 3 heteroatoms. The van der Waals surface area contributed by atoms with Crippen LogP contribution in [-0.2, 0) is 0 Å². The number of thiazole rings is 1. The maximum Gasteiger partial charge on any atom is 0.110 e. The van der Waals surface area contributed by atoms with Crippen LogP contribution in [0.5, 0.6) is 0 Å². The molecule has 0 radical (unpaired) electrons. The minimum absolute atomic E-state index is 0.128. The molecule has 0 saturated heterocycles. The molecule has 2 aromatic carbocycles. The van der Waals surface area contributed by atoms with Gasteiger partial charge in [0.05, 0.1) is 11.7 Å². The van der Waals surface area contributed by atoms with Gasteiger partial charge in [-0.05, 0) is 29.5 Å². The Bertz CT molecular complexity index is 753. The summed E-state index contributed by atoms with van der Waals surface area (Å²) in [6.07, 6.45) is 2.51. The van der Waals surface area contributed by atoms with Crippen molar-refractivity contribution in [2.24, 2.45) is 11.7 Å². The Labute approximate surface area is 122 Å². The number of hydrogen-bond donors (Lipinski definition) is 1. The molecule has 3 aromatic rings. The summed E-state index contributed by atoms with van der Waals surface area (Å²) in [4.78, 5) is 4.79. The van der Waals surface area contributed by atoms with E-state index in [1.54, 1.807) is 11.3 Å². The maximum absolute atomic E-state index is 6.25. The highest BCUT2D eigenvalue weighted by atomic mass is 32.1. The lowest BCUT2D eigenvalue weighted by Crippen LogP contribution is -2.11. The van der Waals surface area contributed by atoms with E-state index in [4.69, 9.17) is 10.7 Å². The monoisotopic (exact) mass is 280 g/mol. The van der Waals surface area contributed by atoms with Crippen molar-refractivity contribution < 1.29 is 0 Å². The van der Waals surface area contributed by atoms with Crippen molar-refractivity contribution in [2.75, 3.05) is 0 Å². The number of aromatic nitrogens is 1. The van der Waals surface area contributed by atoms with Gasteiger partial charge >= 0.3 is 0 Å². The molecular formula is C17H16N2S. The number of benzene rings is 2. The Balaban J connectivity index is 1.79. The molecule has 2 nitrogen and oxygen atoms in total. The van der Waals surface area contributed by atoms with E-state index >= 15 is 0 Å². The highest BCUT2D eigenvalue weighted by molar-refractivity contribution is 7.10.